The third kappa shape index (κ3) is 4.53. The quantitative estimate of drug-likeness (QED) is 0.696. The highest BCUT2D eigenvalue weighted by Crippen LogP contribution is 2.19. The second-order valence-electron chi connectivity index (χ2n) is 6.12. The number of halogens is 1. The summed E-state index contributed by atoms with van der Waals surface area (Å²) in [7, 11) is 0. The number of rotatable bonds is 5. The highest BCUT2D eigenvalue weighted by Gasteiger charge is 2.04. The summed E-state index contributed by atoms with van der Waals surface area (Å²) in [6, 6.07) is 14.5. The van der Waals surface area contributed by atoms with Crippen molar-refractivity contribution in [1.29, 1.82) is 0 Å². The molecule has 0 atom stereocenters. The zero-order chi connectivity index (χ0) is 17.8. The maximum atomic E-state index is 13.0. The van der Waals surface area contributed by atoms with Crippen LogP contribution in [0.5, 0.6) is 0 Å². The van der Waals surface area contributed by atoms with Crippen LogP contribution < -0.4 is 10.6 Å². The van der Waals surface area contributed by atoms with E-state index in [1.54, 1.807) is 12.1 Å². The fraction of sp³-hybridized carbons (Fsp3) is 0.200. The molecule has 0 fully saturated rings. The fourth-order valence-electron chi connectivity index (χ4n) is 2.46. The molecule has 25 heavy (non-hydrogen) atoms. The zero-order valence-electron chi connectivity index (χ0n) is 14.6. The molecule has 4 nitrogen and oxygen atoms in total. The summed E-state index contributed by atoms with van der Waals surface area (Å²) in [5.74, 6) is 1.04. The highest BCUT2D eigenvalue weighted by molar-refractivity contribution is 5.57. The number of hydrogen-bond acceptors (Lipinski definition) is 4. The van der Waals surface area contributed by atoms with Gasteiger partial charge in [0.25, 0.3) is 0 Å². The number of aryl methyl sites for hydroxylation is 3. The molecule has 0 saturated carbocycles. The molecule has 0 amide bonds. The molecule has 1 aromatic heterocycles. The maximum absolute atomic E-state index is 13.0. The molecule has 0 aliphatic rings. The average Bonchev–Trinajstić information content (AvgIpc) is 2.57. The van der Waals surface area contributed by atoms with Gasteiger partial charge in [0.2, 0.25) is 5.95 Å². The van der Waals surface area contributed by atoms with Crippen molar-refractivity contribution in [2.45, 2.75) is 27.3 Å². The first-order valence-corrected chi connectivity index (χ1v) is 8.18. The molecule has 0 spiro atoms. The van der Waals surface area contributed by atoms with Gasteiger partial charge in [-0.1, -0.05) is 18.2 Å². The third-order valence-corrected chi connectivity index (χ3v) is 4.00. The van der Waals surface area contributed by atoms with Crippen LogP contribution in [-0.4, -0.2) is 9.97 Å². The van der Waals surface area contributed by atoms with Crippen LogP contribution in [0.25, 0.3) is 0 Å². The predicted octanol–water partition coefficient (Wildman–Crippen LogP) is 4.90. The van der Waals surface area contributed by atoms with Gasteiger partial charge in [-0.05, 0) is 61.7 Å². The summed E-state index contributed by atoms with van der Waals surface area (Å²) in [5, 5.41) is 6.50. The second-order valence-corrected chi connectivity index (χ2v) is 6.12. The average molecular weight is 336 g/mol. The first kappa shape index (κ1) is 16.9. The maximum Gasteiger partial charge on any atom is 0.229 e. The molecule has 1 heterocycles. The Morgan fingerprint density at radius 1 is 0.880 bits per heavy atom. The van der Waals surface area contributed by atoms with Crippen molar-refractivity contribution in [3.63, 3.8) is 0 Å². The van der Waals surface area contributed by atoms with Crippen molar-refractivity contribution < 1.29 is 4.39 Å². The van der Waals surface area contributed by atoms with Gasteiger partial charge < -0.3 is 10.6 Å². The number of benzene rings is 2. The smallest absolute Gasteiger partial charge is 0.229 e. The Hall–Kier alpha value is -2.95. The number of nitrogens with one attached hydrogen (secondary N) is 2. The molecule has 3 aromatic rings. The Bertz CT molecular complexity index is 875. The van der Waals surface area contributed by atoms with Gasteiger partial charge in [-0.25, -0.2) is 9.37 Å². The molecule has 0 bridgehead atoms. The molecule has 0 aliphatic carbocycles. The summed E-state index contributed by atoms with van der Waals surface area (Å²) >= 11 is 0. The number of anilines is 3. The van der Waals surface area contributed by atoms with Crippen LogP contribution in [0, 0.1) is 26.6 Å². The molecule has 2 aromatic carbocycles. The van der Waals surface area contributed by atoms with Crippen molar-refractivity contribution >= 4 is 17.5 Å². The third-order valence-electron chi connectivity index (χ3n) is 4.00. The Morgan fingerprint density at radius 2 is 1.64 bits per heavy atom. The summed E-state index contributed by atoms with van der Waals surface area (Å²) in [5.41, 5.74) is 5.27. The predicted molar refractivity (Wildman–Crippen MR) is 99.7 cm³/mol. The number of aromatic nitrogens is 2. The second kappa shape index (κ2) is 7.30. The SMILES string of the molecule is Cc1cc(NCc2ccc(F)cc2)nc(Nc2ccc(C)c(C)c2)n1. The summed E-state index contributed by atoms with van der Waals surface area (Å²) in [4.78, 5) is 8.94. The first-order valence-electron chi connectivity index (χ1n) is 8.18. The van der Waals surface area contributed by atoms with Gasteiger partial charge in [0.05, 0.1) is 0 Å². The van der Waals surface area contributed by atoms with E-state index in [0.717, 1.165) is 22.8 Å². The lowest BCUT2D eigenvalue weighted by Crippen LogP contribution is -2.05. The molecule has 5 heteroatoms. The van der Waals surface area contributed by atoms with Crippen molar-refractivity contribution in [2.75, 3.05) is 10.6 Å². The largest absolute Gasteiger partial charge is 0.366 e. The lowest BCUT2D eigenvalue weighted by molar-refractivity contribution is 0.627. The normalized spacial score (nSPS) is 10.6. The molecule has 0 unspecified atom stereocenters. The van der Waals surface area contributed by atoms with Crippen LogP contribution in [0.15, 0.2) is 48.5 Å². The van der Waals surface area contributed by atoms with Gasteiger partial charge in [-0.2, -0.15) is 4.98 Å². The fourth-order valence-corrected chi connectivity index (χ4v) is 2.46. The van der Waals surface area contributed by atoms with E-state index in [9.17, 15) is 4.39 Å². The standard InChI is InChI=1S/C20H21FN4/c1-13-4-9-18(10-14(13)2)24-20-23-15(3)11-19(25-20)22-12-16-5-7-17(21)8-6-16/h4-11H,12H2,1-3H3,(H2,22,23,24,25). The van der Waals surface area contributed by atoms with E-state index in [1.807, 2.05) is 19.1 Å². The van der Waals surface area contributed by atoms with E-state index >= 15 is 0 Å². The van der Waals surface area contributed by atoms with Crippen molar-refractivity contribution in [1.82, 2.24) is 9.97 Å². The Labute approximate surface area is 147 Å². The summed E-state index contributed by atoms with van der Waals surface area (Å²) < 4.78 is 13.0. The Morgan fingerprint density at radius 3 is 2.36 bits per heavy atom. The van der Waals surface area contributed by atoms with Crippen molar-refractivity contribution in [3.05, 3.63) is 76.7 Å². The monoisotopic (exact) mass is 336 g/mol. The van der Waals surface area contributed by atoms with Crippen molar-refractivity contribution in [3.8, 4) is 0 Å². The topological polar surface area (TPSA) is 49.8 Å². The molecular weight excluding hydrogens is 315 g/mol. The molecule has 128 valence electrons. The van der Waals surface area contributed by atoms with Gasteiger partial charge in [0, 0.05) is 24.0 Å². The van der Waals surface area contributed by atoms with Crippen LogP contribution in [0.2, 0.25) is 0 Å². The molecule has 0 radical (unpaired) electrons. The van der Waals surface area contributed by atoms with Gasteiger partial charge in [-0.3, -0.25) is 0 Å². The summed E-state index contributed by atoms with van der Waals surface area (Å²) in [6.45, 7) is 6.66. The minimum atomic E-state index is -0.235. The van der Waals surface area contributed by atoms with E-state index in [1.165, 1.54) is 23.3 Å². The summed E-state index contributed by atoms with van der Waals surface area (Å²) in [6.07, 6.45) is 0. The van der Waals surface area contributed by atoms with Gasteiger partial charge in [0.15, 0.2) is 0 Å². The number of nitrogens with zero attached hydrogens (tertiary/aromatic N) is 2. The first-order chi connectivity index (χ1) is 12.0. The minimum Gasteiger partial charge on any atom is -0.366 e. The van der Waals surface area contributed by atoms with Gasteiger partial charge in [-0.15, -0.1) is 0 Å². The van der Waals surface area contributed by atoms with E-state index in [2.05, 4.69) is 46.6 Å². The Kier molecular flexibility index (Phi) is 4.93. The zero-order valence-corrected chi connectivity index (χ0v) is 14.6. The van der Waals surface area contributed by atoms with E-state index < -0.39 is 0 Å². The molecule has 2 N–H and O–H groups in total. The minimum absolute atomic E-state index is 0.235. The van der Waals surface area contributed by atoms with Crippen LogP contribution >= 0.6 is 0 Å². The lowest BCUT2D eigenvalue weighted by Gasteiger charge is -2.11. The lowest BCUT2D eigenvalue weighted by atomic mass is 10.1. The van der Waals surface area contributed by atoms with E-state index in [4.69, 9.17) is 0 Å². The molecule has 0 aliphatic heterocycles. The van der Waals surface area contributed by atoms with Crippen LogP contribution in [0.1, 0.15) is 22.4 Å². The Balaban J connectivity index is 1.73. The molecular formula is C20H21FN4. The van der Waals surface area contributed by atoms with E-state index in [-0.39, 0.29) is 5.82 Å². The van der Waals surface area contributed by atoms with Crippen LogP contribution in [-0.2, 0) is 6.54 Å². The molecule has 3 rings (SSSR count). The van der Waals surface area contributed by atoms with Crippen LogP contribution in [0.3, 0.4) is 0 Å². The molecule has 0 saturated heterocycles. The highest BCUT2D eigenvalue weighted by atomic mass is 19.1. The van der Waals surface area contributed by atoms with E-state index in [0.29, 0.717) is 12.5 Å². The van der Waals surface area contributed by atoms with Crippen LogP contribution in [0.4, 0.5) is 21.8 Å². The van der Waals surface area contributed by atoms with Gasteiger partial charge in [0.1, 0.15) is 11.6 Å². The van der Waals surface area contributed by atoms with Gasteiger partial charge >= 0.3 is 0 Å². The number of hydrogen-bond donors (Lipinski definition) is 2. The van der Waals surface area contributed by atoms with Crippen molar-refractivity contribution in [2.24, 2.45) is 0 Å².